The highest BCUT2D eigenvalue weighted by Crippen LogP contribution is 2.37. The van der Waals surface area contributed by atoms with Crippen LogP contribution in [0.25, 0.3) is 17.0 Å². The molecule has 0 radical (unpaired) electrons. The van der Waals surface area contributed by atoms with Gasteiger partial charge in [0.1, 0.15) is 0 Å². The third-order valence-electron chi connectivity index (χ3n) is 4.49. The first-order valence-corrected chi connectivity index (χ1v) is 8.28. The van der Waals surface area contributed by atoms with Gasteiger partial charge in [-0.2, -0.15) is 0 Å². The lowest BCUT2D eigenvalue weighted by atomic mass is 9.94. The summed E-state index contributed by atoms with van der Waals surface area (Å²) in [5, 5.41) is 1.22. The summed E-state index contributed by atoms with van der Waals surface area (Å²) in [7, 11) is 0. The van der Waals surface area contributed by atoms with Crippen LogP contribution in [0.1, 0.15) is 37.1 Å². The first kappa shape index (κ1) is 14.0. The highest BCUT2D eigenvalue weighted by molar-refractivity contribution is 5.82. The van der Waals surface area contributed by atoms with Gasteiger partial charge in [-0.15, -0.1) is 0 Å². The monoisotopic (exact) mass is 300 g/mol. The van der Waals surface area contributed by atoms with E-state index < -0.39 is 0 Å². The average molecular weight is 300 g/mol. The lowest BCUT2D eigenvalue weighted by molar-refractivity contribution is 0.610. The number of anilines is 1. The number of nitrogens with zero attached hydrogens (tertiary/aromatic N) is 2. The molecule has 0 amide bonds. The Hall–Kier alpha value is -2.61. The van der Waals surface area contributed by atoms with Gasteiger partial charge in [-0.25, -0.2) is 4.98 Å². The molecule has 1 unspecified atom stereocenters. The number of hydrogen-bond acceptors (Lipinski definition) is 2. The maximum atomic E-state index is 4.86. The fourth-order valence-electron chi connectivity index (χ4n) is 3.39. The second-order valence-corrected chi connectivity index (χ2v) is 6.02. The second-order valence-electron chi connectivity index (χ2n) is 6.02. The van der Waals surface area contributed by atoms with Crippen LogP contribution >= 0.6 is 0 Å². The van der Waals surface area contributed by atoms with Crippen LogP contribution in [0.3, 0.4) is 0 Å². The van der Waals surface area contributed by atoms with Gasteiger partial charge in [0.2, 0.25) is 0 Å². The Kier molecular flexibility index (Phi) is 3.58. The zero-order chi connectivity index (χ0) is 15.6. The third kappa shape index (κ3) is 2.50. The lowest BCUT2D eigenvalue weighted by Crippen LogP contribution is -2.26. The molecule has 114 valence electrons. The summed E-state index contributed by atoms with van der Waals surface area (Å²) >= 11 is 0. The van der Waals surface area contributed by atoms with Crippen molar-refractivity contribution in [2.75, 3.05) is 4.90 Å². The zero-order valence-electron chi connectivity index (χ0n) is 13.3. The fraction of sp³-hybridized carbons (Fsp3) is 0.190. The summed E-state index contributed by atoms with van der Waals surface area (Å²) in [6, 6.07) is 21.6. The highest BCUT2D eigenvalue weighted by Gasteiger charge is 2.25. The molecule has 1 atom stereocenters. The predicted octanol–water partition coefficient (Wildman–Crippen LogP) is 5.57. The van der Waals surface area contributed by atoms with Crippen molar-refractivity contribution >= 4 is 22.7 Å². The molecule has 0 fully saturated rings. The largest absolute Gasteiger partial charge is 0.340 e. The topological polar surface area (TPSA) is 16.1 Å². The van der Waals surface area contributed by atoms with Gasteiger partial charge in [-0.3, -0.25) is 0 Å². The van der Waals surface area contributed by atoms with Gasteiger partial charge in [0.05, 0.1) is 17.3 Å². The van der Waals surface area contributed by atoms with E-state index in [4.69, 9.17) is 4.98 Å². The van der Waals surface area contributed by atoms with Crippen LogP contribution in [0.2, 0.25) is 0 Å². The minimum atomic E-state index is 0.347. The van der Waals surface area contributed by atoms with Crippen molar-refractivity contribution in [1.82, 2.24) is 4.98 Å². The number of rotatable bonds is 3. The maximum Gasteiger partial charge on any atom is 0.0709 e. The molecule has 2 heterocycles. The summed E-state index contributed by atoms with van der Waals surface area (Å²) in [6.07, 6.45) is 6.58. The standard InChI is InChI=1S/C21H20N2/c1-2-8-21-18-15-16-9-6-7-12-19(16)22-20(18)13-14-23(21)17-10-4-3-5-11-17/h3-7,9-15,21H,2,8H2,1H3. The van der Waals surface area contributed by atoms with Gasteiger partial charge >= 0.3 is 0 Å². The van der Waals surface area contributed by atoms with E-state index >= 15 is 0 Å². The molecule has 1 aliphatic heterocycles. The number of pyridine rings is 1. The molecule has 23 heavy (non-hydrogen) atoms. The zero-order valence-corrected chi connectivity index (χ0v) is 13.3. The minimum Gasteiger partial charge on any atom is -0.340 e. The Labute approximate surface area is 137 Å². The first-order chi connectivity index (χ1) is 11.4. The van der Waals surface area contributed by atoms with Crippen molar-refractivity contribution in [1.29, 1.82) is 0 Å². The Morgan fingerprint density at radius 1 is 1.00 bits per heavy atom. The summed E-state index contributed by atoms with van der Waals surface area (Å²) in [5.41, 5.74) is 4.74. The maximum absolute atomic E-state index is 4.86. The first-order valence-electron chi connectivity index (χ1n) is 8.28. The summed E-state index contributed by atoms with van der Waals surface area (Å²) in [5.74, 6) is 0. The molecule has 0 N–H and O–H groups in total. The average Bonchev–Trinajstić information content (AvgIpc) is 2.61. The summed E-state index contributed by atoms with van der Waals surface area (Å²) in [4.78, 5) is 7.24. The molecular weight excluding hydrogens is 280 g/mol. The van der Waals surface area contributed by atoms with Gasteiger partial charge < -0.3 is 4.90 Å². The van der Waals surface area contributed by atoms with Crippen LogP contribution < -0.4 is 4.90 Å². The second kappa shape index (κ2) is 5.88. The van der Waals surface area contributed by atoms with Gasteiger partial charge in [0, 0.05) is 22.8 Å². The number of para-hydroxylation sites is 2. The smallest absolute Gasteiger partial charge is 0.0709 e. The lowest BCUT2D eigenvalue weighted by Gasteiger charge is -2.34. The van der Waals surface area contributed by atoms with E-state index in [1.54, 1.807) is 0 Å². The van der Waals surface area contributed by atoms with Gasteiger partial charge in [0.15, 0.2) is 0 Å². The minimum absolute atomic E-state index is 0.347. The van der Waals surface area contributed by atoms with Crippen LogP contribution in [0.15, 0.2) is 66.9 Å². The Bertz CT molecular complexity index is 852. The molecule has 1 aliphatic rings. The molecule has 2 aromatic carbocycles. The van der Waals surface area contributed by atoms with E-state index in [0.717, 1.165) is 24.1 Å². The molecular formula is C21H20N2. The number of aromatic nitrogens is 1. The number of hydrogen-bond donors (Lipinski definition) is 0. The van der Waals surface area contributed by atoms with E-state index in [-0.39, 0.29) is 0 Å². The van der Waals surface area contributed by atoms with Crippen molar-refractivity contribution < 1.29 is 0 Å². The summed E-state index contributed by atoms with van der Waals surface area (Å²) in [6.45, 7) is 2.25. The van der Waals surface area contributed by atoms with E-state index in [0.29, 0.717) is 6.04 Å². The molecule has 2 nitrogen and oxygen atoms in total. The van der Waals surface area contributed by atoms with Crippen molar-refractivity contribution in [3.8, 4) is 0 Å². The molecule has 3 aromatic rings. The van der Waals surface area contributed by atoms with Crippen LogP contribution in [-0.2, 0) is 0 Å². The van der Waals surface area contributed by atoms with Crippen molar-refractivity contribution in [2.45, 2.75) is 25.8 Å². The van der Waals surface area contributed by atoms with Crippen molar-refractivity contribution in [2.24, 2.45) is 0 Å². The molecule has 0 saturated heterocycles. The van der Waals surface area contributed by atoms with Gasteiger partial charge in [-0.05, 0) is 36.8 Å². The Morgan fingerprint density at radius 3 is 2.61 bits per heavy atom. The molecule has 0 bridgehead atoms. The number of benzene rings is 2. The van der Waals surface area contributed by atoms with E-state index in [2.05, 4.69) is 78.7 Å². The normalized spacial score (nSPS) is 16.6. The van der Waals surface area contributed by atoms with Crippen LogP contribution in [-0.4, -0.2) is 4.98 Å². The molecule has 0 spiro atoms. The number of fused-ring (bicyclic) bond motifs is 2. The van der Waals surface area contributed by atoms with Crippen LogP contribution in [0, 0.1) is 0 Å². The van der Waals surface area contributed by atoms with E-state index in [1.807, 2.05) is 6.07 Å². The molecule has 0 saturated carbocycles. The van der Waals surface area contributed by atoms with Crippen molar-refractivity contribution in [3.05, 3.63) is 78.1 Å². The van der Waals surface area contributed by atoms with E-state index in [1.165, 1.54) is 16.6 Å². The summed E-state index contributed by atoms with van der Waals surface area (Å²) < 4.78 is 0. The Morgan fingerprint density at radius 2 is 1.78 bits per heavy atom. The quantitative estimate of drug-likeness (QED) is 0.629. The van der Waals surface area contributed by atoms with Crippen molar-refractivity contribution in [3.63, 3.8) is 0 Å². The van der Waals surface area contributed by atoms with Gasteiger partial charge in [-0.1, -0.05) is 49.7 Å². The van der Waals surface area contributed by atoms with Gasteiger partial charge in [0.25, 0.3) is 0 Å². The molecule has 2 heteroatoms. The molecule has 1 aromatic heterocycles. The molecule has 4 rings (SSSR count). The Balaban J connectivity index is 1.85. The third-order valence-corrected chi connectivity index (χ3v) is 4.49. The SMILES string of the molecule is CCCC1c2cc3ccccc3nc2C=CN1c1ccccc1. The van der Waals surface area contributed by atoms with E-state index in [9.17, 15) is 0 Å². The molecule has 0 aliphatic carbocycles. The predicted molar refractivity (Wildman–Crippen MR) is 97.3 cm³/mol. The van der Waals surface area contributed by atoms with Crippen LogP contribution in [0.5, 0.6) is 0 Å². The fourth-order valence-corrected chi connectivity index (χ4v) is 3.39. The highest BCUT2D eigenvalue weighted by atomic mass is 15.2. The van der Waals surface area contributed by atoms with Crippen LogP contribution in [0.4, 0.5) is 5.69 Å².